The number of aromatic nitrogens is 1. The first-order valence-corrected chi connectivity index (χ1v) is 5.95. The summed E-state index contributed by atoms with van der Waals surface area (Å²) in [6.07, 6.45) is 2.73. The maximum absolute atomic E-state index is 11.8. The third-order valence-electron chi connectivity index (χ3n) is 3.16. The fourth-order valence-corrected chi connectivity index (χ4v) is 2.21. The van der Waals surface area contributed by atoms with Gasteiger partial charge in [0.05, 0.1) is 17.4 Å². The van der Waals surface area contributed by atoms with E-state index in [0.717, 1.165) is 17.3 Å². The smallest absolute Gasteiger partial charge is 0.294 e. The van der Waals surface area contributed by atoms with Crippen LogP contribution in [0.25, 0.3) is 10.9 Å². The molecule has 1 aromatic carbocycles. The minimum absolute atomic E-state index is 0.311. The lowest BCUT2D eigenvalue weighted by Crippen LogP contribution is -2.41. The molecule has 4 heteroatoms. The first kappa shape index (κ1) is 10.9. The van der Waals surface area contributed by atoms with Gasteiger partial charge in [-0.3, -0.25) is 14.6 Å². The normalized spacial score (nSPS) is 16.3. The summed E-state index contributed by atoms with van der Waals surface area (Å²) in [6, 6.07) is 9.62. The van der Waals surface area contributed by atoms with Crippen LogP contribution >= 0.6 is 0 Å². The van der Waals surface area contributed by atoms with Crippen molar-refractivity contribution in [2.75, 3.05) is 11.4 Å². The van der Waals surface area contributed by atoms with Crippen molar-refractivity contribution < 1.29 is 9.59 Å². The van der Waals surface area contributed by atoms with Crippen LogP contribution in [-0.2, 0) is 9.59 Å². The van der Waals surface area contributed by atoms with Crippen molar-refractivity contribution in [3.63, 3.8) is 0 Å². The summed E-state index contributed by atoms with van der Waals surface area (Å²) in [5, 5.41) is 0.973. The molecule has 0 atom stereocenters. The van der Waals surface area contributed by atoms with Crippen LogP contribution in [0.5, 0.6) is 0 Å². The van der Waals surface area contributed by atoms with Gasteiger partial charge in [-0.2, -0.15) is 0 Å². The second-order valence-corrected chi connectivity index (χ2v) is 4.37. The van der Waals surface area contributed by atoms with Gasteiger partial charge in [-0.25, -0.2) is 0 Å². The van der Waals surface area contributed by atoms with Gasteiger partial charge >= 0.3 is 0 Å². The van der Waals surface area contributed by atoms with Crippen molar-refractivity contribution in [3.05, 3.63) is 36.5 Å². The van der Waals surface area contributed by atoms with E-state index in [1.54, 1.807) is 6.20 Å². The standard InChI is InChI=1S/C14H12N2O2/c17-13-6-3-7-16(14(13)18)11-8-10-4-1-2-5-12(10)15-9-11/h1-2,4-5,8-9H,3,6-7H2. The van der Waals surface area contributed by atoms with E-state index in [-0.39, 0.29) is 5.78 Å². The lowest BCUT2D eigenvalue weighted by atomic mass is 10.1. The maximum atomic E-state index is 11.8. The molecule has 0 aliphatic carbocycles. The molecule has 1 aliphatic rings. The van der Waals surface area contributed by atoms with Crippen molar-refractivity contribution >= 4 is 28.3 Å². The van der Waals surface area contributed by atoms with E-state index >= 15 is 0 Å². The third kappa shape index (κ3) is 1.76. The molecular formula is C14H12N2O2. The van der Waals surface area contributed by atoms with Gasteiger partial charge in [-0.05, 0) is 18.6 Å². The average molecular weight is 240 g/mol. The number of benzene rings is 1. The Morgan fingerprint density at radius 1 is 1.17 bits per heavy atom. The van der Waals surface area contributed by atoms with Gasteiger partial charge < -0.3 is 4.90 Å². The van der Waals surface area contributed by atoms with Crippen LogP contribution in [0.15, 0.2) is 36.5 Å². The number of hydrogen-bond donors (Lipinski definition) is 0. The van der Waals surface area contributed by atoms with Gasteiger partial charge in [0.25, 0.3) is 5.91 Å². The summed E-state index contributed by atoms with van der Waals surface area (Å²) in [6.45, 7) is 0.588. The molecule has 1 amide bonds. The number of anilines is 1. The van der Waals surface area contributed by atoms with E-state index in [1.165, 1.54) is 4.90 Å². The van der Waals surface area contributed by atoms with Crippen LogP contribution in [0.4, 0.5) is 5.69 Å². The van der Waals surface area contributed by atoms with E-state index in [2.05, 4.69) is 4.98 Å². The lowest BCUT2D eigenvalue weighted by molar-refractivity contribution is -0.137. The molecule has 2 heterocycles. The Morgan fingerprint density at radius 3 is 2.89 bits per heavy atom. The number of rotatable bonds is 1. The topological polar surface area (TPSA) is 50.3 Å². The van der Waals surface area contributed by atoms with E-state index in [0.29, 0.717) is 18.7 Å². The Bertz CT molecular complexity index is 636. The van der Waals surface area contributed by atoms with E-state index < -0.39 is 5.91 Å². The zero-order valence-corrected chi connectivity index (χ0v) is 9.80. The molecule has 0 saturated carbocycles. The van der Waals surface area contributed by atoms with Gasteiger partial charge in [-0.15, -0.1) is 0 Å². The second kappa shape index (κ2) is 4.22. The van der Waals surface area contributed by atoms with E-state index in [4.69, 9.17) is 0 Å². The fourth-order valence-electron chi connectivity index (χ4n) is 2.21. The van der Waals surface area contributed by atoms with Gasteiger partial charge in [0.1, 0.15) is 0 Å². The Balaban J connectivity index is 2.03. The molecule has 0 bridgehead atoms. The molecular weight excluding hydrogens is 228 g/mol. The number of carbonyl (C=O) groups excluding carboxylic acids is 2. The Hall–Kier alpha value is -2.23. The molecule has 90 valence electrons. The molecule has 0 unspecified atom stereocenters. The van der Waals surface area contributed by atoms with Crippen LogP contribution < -0.4 is 4.90 Å². The average Bonchev–Trinajstić information content (AvgIpc) is 2.41. The minimum Gasteiger partial charge on any atom is -0.304 e. The summed E-state index contributed by atoms with van der Waals surface area (Å²) in [5.41, 5.74) is 1.59. The number of amides is 1. The summed E-state index contributed by atoms with van der Waals surface area (Å²) in [5.74, 6) is -0.729. The SMILES string of the molecule is O=C1CCCN(c2cnc3ccccc3c2)C1=O. The first-order valence-electron chi connectivity index (χ1n) is 5.95. The highest BCUT2D eigenvalue weighted by atomic mass is 16.2. The van der Waals surface area contributed by atoms with Crippen LogP contribution in [0.2, 0.25) is 0 Å². The molecule has 0 radical (unpaired) electrons. The lowest BCUT2D eigenvalue weighted by Gasteiger charge is -2.25. The molecule has 1 aliphatic heterocycles. The highest BCUT2D eigenvalue weighted by molar-refractivity contribution is 6.42. The molecule has 2 aromatic rings. The number of piperidine rings is 1. The number of ketones is 1. The van der Waals surface area contributed by atoms with Gasteiger partial charge in [-0.1, -0.05) is 18.2 Å². The highest BCUT2D eigenvalue weighted by Gasteiger charge is 2.27. The highest BCUT2D eigenvalue weighted by Crippen LogP contribution is 2.22. The largest absolute Gasteiger partial charge is 0.304 e. The molecule has 1 fully saturated rings. The van der Waals surface area contributed by atoms with Gasteiger partial charge in [0.2, 0.25) is 5.78 Å². The van der Waals surface area contributed by atoms with Crippen LogP contribution in [0.3, 0.4) is 0 Å². The summed E-state index contributed by atoms with van der Waals surface area (Å²) < 4.78 is 0. The number of carbonyl (C=O) groups is 2. The second-order valence-electron chi connectivity index (χ2n) is 4.37. The minimum atomic E-state index is -0.418. The third-order valence-corrected chi connectivity index (χ3v) is 3.16. The summed E-state index contributed by atoms with van der Waals surface area (Å²) in [7, 11) is 0. The molecule has 4 nitrogen and oxygen atoms in total. The first-order chi connectivity index (χ1) is 8.75. The van der Waals surface area contributed by atoms with Crippen molar-refractivity contribution in [3.8, 4) is 0 Å². The van der Waals surface area contributed by atoms with Crippen molar-refractivity contribution in [2.24, 2.45) is 0 Å². The van der Waals surface area contributed by atoms with Crippen molar-refractivity contribution in [1.29, 1.82) is 0 Å². The zero-order chi connectivity index (χ0) is 12.5. The summed E-state index contributed by atoms with van der Waals surface area (Å²) >= 11 is 0. The molecule has 1 saturated heterocycles. The van der Waals surface area contributed by atoms with Crippen LogP contribution in [0.1, 0.15) is 12.8 Å². The van der Waals surface area contributed by atoms with Crippen LogP contribution in [0, 0.1) is 0 Å². The number of pyridine rings is 1. The van der Waals surface area contributed by atoms with Crippen LogP contribution in [-0.4, -0.2) is 23.2 Å². The van der Waals surface area contributed by atoms with E-state index in [1.807, 2.05) is 30.3 Å². The monoisotopic (exact) mass is 240 g/mol. The number of fused-ring (bicyclic) bond motifs is 1. The molecule has 1 aromatic heterocycles. The van der Waals surface area contributed by atoms with Gasteiger partial charge in [0.15, 0.2) is 0 Å². The molecule has 3 rings (SSSR count). The maximum Gasteiger partial charge on any atom is 0.294 e. The number of nitrogens with zero attached hydrogens (tertiary/aromatic N) is 2. The van der Waals surface area contributed by atoms with Crippen molar-refractivity contribution in [2.45, 2.75) is 12.8 Å². The summed E-state index contributed by atoms with van der Waals surface area (Å²) in [4.78, 5) is 29.1. The Labute approximate surface area is 104 Å². The number of Topliss-reactive ketones (excluding diaryl/α,β-unsaturated/α-hetero) is 1. The molecule has 18 heavy (non-hydrogen) atoms. The molecule has 0 N–H and O–H groups in total. The Kier molecular flexibility index (Phi) is 2.55. The predicted molar refractivity (Wildman–Crippen MR) is 68.3 cm³/mol. The van der Waals surface area contributed by atoms with Gasteiger partial charge in [0, 0.05) is 18.4 Å². The number of para-hydroxylation sites is 1. The van der Waals surface area contributed by atoms with Crippen molar-refractivity contribution in [1.82, 2.24) is 4.98 Å². The Morgan fingerprint density at radius 2 is 2.00 bits per heavy atom. The quantitative estimate of drug-likeness (QED) is 0.716. The number of hydrogen-bond acceptors (Lipinski definition) is 3. The van der Waals surface area contributed by atoms with E-state index in [9.17, 15) is 9.59 Å². The predicted octanol–water partition coefficient (Wildman–Crippen LogP) is 1.93. The molecule has 0 spiro atoms. The zero-order valence-electron chi connectivity index (χ0n) is 9.80. The fraction of sp³-hybridized carbons (Fsp3) is 0.214.